The fourth-order valence-electron chi connectivity index (χ4n) is 3.00. The van der Waals surface area contributed by atoms with Crippen molar-refractivity contribution < 1.29 is 9.47 Å². The van der Waals surface area contributed by atoms with Crippen molar-refractivity contribution in [3.63, 3.8) is 0 Å². The molecule has 2 N–H and O–H groups in total. The fraction of sp³-hybridized carbons (Fsp3) is 0.263. The van der Waals surface area contributed by atoms with Gasteiger partial charge in [0, 0.05) is 29.7 Å². The summed E-state index contributed by atoms with van der Waals surface area (Å²) >= 11 is 0. The normalized spacial score (nSPS) is 11.0. The first kappa shape index (κ1) is 15.4. The van der Waals surface area contributed by atoms with Crippen LogP contribution in [-0.4, -0.2) is 25.3 Å². The molecular formula is C19H22N2O2. The number of ether oxygens (including phenoxy) is 2. The van der Waals surface area contributed by atoms with E-state index < -0.39 is 0 Å². The number of aryl methyl sites for hydroxylation is 1. The zero-order valence-electron chi connectivity index (χ0n) is 13.8. The van der Waals surface area contributed by atoms with Gasteiger partial charge < -0.3 is 19.8 Å². The summed E-state index contributed by atoms with van der Waals surface area (Å²) in [6.07, 6.45) is 2.87. The second kappa shape index (κ2) is 6.34. The Hall–Kier alpha value is -2.46. The highest BCUT2D eigenvalue weighted by Gasteiger charge is 2.14. The maximum absolute atomic E-state index is 5.71. The second-order valence-electron chi connectivity index (χ2n) is 5.62. The van der Waals surface area contributed by atoms with Gasteiger partial charge in [0.25, 0.3) is 0 Å². The third kappa shape index (κ3) is 2.78. The topological polar surface area (TPSA) is 49.4 Å². The largest absolute Gasteiger partial charge is 0.493 e. The lowest BCUT2D eigenvalue weighted by molar-refractivity contribution is 0.355. The smallest absolute Gasteiger partial charge is 0.168 e. The fourth-order valence-corrected chi connectivity index (χ4v) is 3.00. The van der Waals surface area contributed by atoms with Crippen molar-refractivity contribution in [2.45, 2.75) is 6.42 Å². The van der Waals surface area contributed by atoms with Gasteiger partial charge in [-0.1, -0.05) is 6.07 Å². The molecule has 0 fully saturated rings. The van der Waals surface area contributed by atoms with Crippen LogP contribution in [0.3, 0.4) is 0 Å². The summed E-state index contributed by atoms with van der Waals surface area (Å²) < 4.78 is 13.2. The van der Waals surface area contributed by atoms with Gasteiger partial charge in [0.2, 0.25) is 0 Å². The van der Waals surface area contributed by atoms with Gasteiger partial charge >= 0.3 is 0 Å². The maximum atomic E-state index is 5.71. The van der Waals surface area contributed by atoms with Crippen LogP contribution in [0.2, 0.25) is 0 Å². The first-order chi connectivity index (χ1) is 11.2. The summed E-state index contributed by atoms with van der Waals surface area (Å²) in [5.74, 6) is 1.49. The van der Waals surface area contributed by atoms with Crippen LogP contribution in [0, 0.1) is 0 Å². The Morgan fingerprint density at radius 2 is 1.87 bits per heavy atom. The van der Waals surface area contributed by atoms with E-state index in [4.69, 9.17) is 15.2 Å². The molecule has 0 atom stereocenters. The molecule has 1 aromatic heterocycles. The number of aromatic nitrogens is 1. The van der Waals surface area contributed by atoms with E-state index >= 15 is 0 Å². The van der Waals surface area contributed by atoms with Gasteiger partial charge in [-0.25, -0.2) is 0 Å². The molecule has 23 heavy (non-hydrogen) atoms. The minimum Gasteiger partial charge on any atom is -0.493 e. The predicted octanol–water partition coefficient (Wildman–Crippen LogP) is 3.36. The van der Waals surface area contributed by atoms with Crippen molar-refractivity contribution in [3.8, 4) is 22.6 Å². The molecule has 0 aliphatic heterocycles. The summed E-state index contributed by atoms with van der Waals surface area (Å²) in [7, 11) is 5.38. The second-order valence-corrected chi connectivity index (χ2v) is 5.62. The lowest BCUT2D eigenvalue weighted by Crippen LogP contribution is -2.04. The maximum Gasteiger partial charge on any atom is 0.168 e. The minimum absolute atomic E-state index is 0.604. The Bertz CT molecular complexity index is 837. The highest BCUT2D eigenvalue weighted by molar-refractivity contribution is 5.87. The van der Waals surface area contributed by atoms with E-state index in [1.165, 1.54) is 10.9 Å². The van der Waals surface area contributed by atoms with Crippen LogP contribution in [0.15, 0.2) is 42.6 Å². The van der Waals surface area contributed by atoms with E-state index in [2.05, 4.69) is 41.1 Å². The van der Waals surface area contributed by atoms with Gasteiger partial charge in [0.1, 0.15) is 0 Å². The molecule has 0 saturated carbocycles. The van der Waals surface area contributed by atoms with Crippen molar-refractivity contribution in [2.75, 3.05) is 20.8 Å². The van der Waals surface area contributed by atoms with E-state index in [1.54, 1.807) is 14.2 Å². The van der Waals surface area contributed by atoms with Gasteiger partial charge in [0.05, 0.1) is 14.2 Å². The summed E-state index contributed by atoms with van der Waals surface area (Å²) in [6, 6.07) is 12.7. The highest BCUT2D eigenvalue weighted by atomic mass is 16.5. The number of fused-ring (bicyclic) bond motifs is 1. The number of nitrogens with two attached hydrogens (primary N) is 1. The number of rotatable bonds is 5. The van der Waals surface area contributed by atoms with Gasteiger partial charge in [-0.2, -0.15) is 0 Å². The van der Waals surface area contributed by atoms with Crippen LogP contribution in [0.5, 0.6) is 11.5 Å². The van der Waals surface area contributed by atoms with Gasteiger partial charge in [-0.15, -0.1) is 0 Å². The van der Waals surface area contributed by atoms with Crippen LogP contribution >= 0.6 is 0 Å². The van der Waals surface area contributed by atoms with Crippen LogP contribution in [0.25, 0.3) is 22.0 Å². The zero-order chi connectivity index (χ0) is 16.4. The van der Waals surface area contributed by atoms with Crippen molar-refractivity contribution in [1.29, 1.82) is 0 Å². The Morgan fingerprint density at radius 3 is 2.57 bits per heavy atom. The van der Waals surface area contributed by atoms with Gasteiger partial charge in [-0.05, 0) is 54.4 Å². The molecular weight excluding hydrogens is 288 g/mol. The summed E-state index contributed by atoms with van der Waals surface area (Å²) in [4.78, 5) is 0. The van der Waals surface area contributed by atoms with E-state index in [0.717, 1.165) is 34.6 Å². The number of methoxy groups -OCH3 is 2. The van der Waals surface area contributed by atoms with Crippen molar-refractivity contribution in [1.82, 2.24) is 4.57 Å². The van der Waals surface area contributed by atoms with E-state index in [0.29, 0.717) is 6.54 Å². The van der Waals surface area contributed by atoms with Crippen LogP contribution in [-0.2, 0) is 13.5 Å². The van der Waals surface area contributed by atoms with Crippen molar-refractivity contribution >= 4 is 10.9 Å². The van der Waals surface area contributed by atoms with E-state index in [1.807, 2.05) is 13.1 Å². The van der Waals surface area contributed by atoms with Crippen LogP contribution < -0.4 is 15.2 Å². The van der Waals surface area contributed by atoms with Gasteiger partial charge in [-0.3, -0.25) is 0 Å². The molecule has 1 heterocycles. The minimum atomic E-state index is 0.604. The third-order valence-electron chi connectivity index (χ3n) is 4.17. The predicted molar refractivity (Wildman–Crippen MR) is 94.2 cm³/mol. The Balaban J connectivity index is 2.20. The Labute approximate surface area is 136 Å². The molecule has 0 amide bonds. The Kier molecular flexibility index (Phi) is 4.26. The number of hydrogen-bond donors (Lipinski definition) is 1. The SMILES string of the molecule is COc1cc(CCN)cc(-c2ccc3c(ccn3C)c2)c1OC. The molecule has 0 saturated heterocycles. The molecule has 2 aromatic carbocycles. The standard InChI is InChI=1S/C19H22N2O2/c1-21-9-7-15-12-14(4-5-17(15)21)16-10-13(6-8-20)11-18(22-2)19(16)23-3/h4-5,7,9-12H,6,8,20H2,1-3H3. The van der Waals surface area contributed by atoms with E-state index in [-0.39, 0.29) is 0 Å². The highest BCUT2D eigenvalue weighted by Crippen LogP contribution is 2.40. The molecule has 0 bridgehead atoms. The average Bonchev–Trinajstić information content (AvgIpc) is 2.95. The average molecular weight is 310 g/mol. The van der Waals surface area contributed by atoms with Crippen LogP contribution in [0.1, 0.15) is 5.56 Å². The monoisotopic (exact) mass is 310 g/mol. The molecule has 4 heteroatoms. The molecule has 0 aliphatic rings. The lowest BCUT2D eigenvalue weighted by atomic mass is 9.98. The molecule has 3 rings (SSSR count). The number of hydrogen-bond acceptors (Lipinski definition) is 3. The molecule has 4 nitrogen and oxygen atoms in total. The molecule has 0 radical (unpaired) electrons. The zero-order valence-corrected chi connectivity index (χ0v) is 13.8. The summed E-state index contributed by atoms with van der Waals surface area (Å²) in [6.45, 7) is 0.604. The summed E-state index contributed by atoms with van der Waals surface area (Å²) in [5.41, 5.74) is 10.2. The molecule has 0 unspecified atom stereocenters. The van der Waals surface area contributed by atoms with E-state index in [9.17, 15) is 0 Å². The molecule has 3 aromatic rings. The van der Waals surface area contributed by atoms with Crippen molar-refractivity contribution in [2.24, 2.45) is 12.8 Å². The van der Waals surface area contributed by atoms with Crippen LogP contribution in [0.4, 0.5) is 0 Å². The molecule has 120 valence electrons. The number of benzene rings is 2. The number of nitrogens with zero attached hydrogens (tertiary/aromatic N) is 1. The molecule has 0 spiro atoms. The first-order valence-electron chi connectivity index (χ1n) is 7.68. The first-order valence-corrected chi connectivity index (χ1v) is 7.68. The molecule has 0 aliphatic carbocycles. The Morgan fingerprint density at radius 1 is 1.04 bits per heavy atom. The van der Waals surface area contributed by atoms with Crippen molar-refractivity contribution in [3.05, 3.63) is 48.2 Å². The third-order valence-corrected chi connectivity index (χ3v) is 4.17. The lowest BCUT2D eigenvalue weighted by Gasteiger charge is -2.15. The summed E-state index contributed by atoms with van der Waals surface area (Å²) in [5, 5.41) is 1.20. The quantitative estimate of drug-likeness (QED) is 0.786. The van der Waals surface area contributed by atoms with Gasteiger partial charge in [0.15, 0.2) is 11.5 Å².